The molecule has 3 rings (SSSR count). The molecule has 3 nitrogen and oxygen atoms in total. The fourth-order valence-corrected chi connectivity index (χ4v) is 2.67. The summed E-state index contributed by atoms with van der Waals surface area (Å²) in [6.07, 6.45) is 0. The number of nitrogens with zero attached hydrogens (tertiary/aromatic N) is 2. The molecule has 0 spiro atoms. The van der Waals surface area contributed by atoms with Crippen LogP contribution in [0.15, 0.2) is 24.3 Å². The van der Waals surface area contributed by atoms with Gasteiger partial charge >= 0.3 is 0 Å². The second kappa shape index (κ2) is 2.48. The van der Waals surface area contributed by atoms with Crippen LogP contribution in [-0.2, 0) is 0 Å². The van der Waals surface area contributed by atoms with E-state index in [0.717, 1.165) is 15.2 Å². The van der Waals surface area contributed by atoms with Gasteiger partial charge in [0.15, 0.2) is 4.96 Å². The lowest BCUT2D eigenvalue weighted by molar-refractivity contribution is 0.447. The van der Waals surface area contributed by atoms with Crippen LogP contribution in [0.5, 0.6) is 5.88 Å². The summed E-state index contributed by atoms with van der Waals surface area (Å²) < 4.78 is 2.93. The van der Waals surface area contributed by atoms with Crippen molar-refractivity contribution in [2.45, 2.75) is 6.92 Å². The zero-order valence-corrected chi connectivity index (χ0v) is 8.38. The Morgan fingerprint density at radius 3 is 3.00 bits per heavy atom. The molecule has 0 aliphatic rings. The van der Waals surface area contributed by atoms with Gasteiger partial charge in [0.05, 0.1) is 10.2 Å². The highest BCUT2D eigenvalue weighted by Crippen LogP contribution is 2.31. The first-order chi connectivity index (χ1) is 6.77. The number of hydrogen-bond donors (Lipinski definition) is 1. The van der Waals surface area contributed by atoms with E-state index in [1.54, 1.807) is 15.7 Å². The summed E-state index contributed by atoms with van der Waals surface area (Å²) in [5.41, 5.74) is 1.70. The molecule has 0 saturated heterocycles. The van der Waals surface area contributed by atoms with Crippen molar-refractivity contribution in [3.8, 4) is 5.88 Å². The number of rotatable bonds is 0. The van der Waals surface area contributed by atoms with Crippen molar-refractivity contribution in [3.05, 3.63) is 30.0 Å². The largest absolute Gasteiger partial charge is 0.493 e. The molecule has 0 fully saturated rings. The summed E-state index contributed by atoms with van der Waals surface area (Å²) in [5.74, 6) is 0.248. The standard InChI is InChI=1S/C10H8N2OS/c1-6-9(13)12-7-4-2-3-5-8(7)14-10(12)11-6/h2-5,13H,1H3. The highest BCUT2D eigenvalue weighted by Gasteiger charge is 2.12. The zero-order valence-electron chi connectivity index (χ0n) is 7.56. The van der Waals surface area contributed by atoms with Gasteiger partial charge in [-0.25, -0.2) is 4.98 Å². The second-order valence-corrected chi connectivity index (χ2v) is 4.22. The van der Waals surface area contributed by atoms with E-state index in [2.05, 4.69) is 4.98 Å². The number of aromatic nitrogens is 2. The van der Waals surface area contributed by atoms with Gasteiger partial charge in [-0.1, -0.05) is 23.5 Å². The Bertz CT molecular complexity index is 623. The molecule has 2 aromatic heterocycles. The molecular formula is C10H8N2OS. The Morgan fingerprint density at radius 1 is 1.36 bits per heavy atom. The van der Waals surface area contributed by atoms with Crippen molar-refractivity contribution in [3.63, 3.8) is 0 Å². The minimum atomic E-state index is 0.248. The quantitative estimate of drug-likeness (QED) is 0.611. The smallest absolute Gasteiger partial charge is 0.220 e. The van der Waals surface area contributed by atoms with Crippen molar-refractivity contribution >= 4 is 26.5 Å². The predicted octanol–water partition coefficient (Wildman–Crippen LogP) is 2.56. The summed E-state index contributed by atoms with van der Waals surface area (Å²) in [4.78, 5) is 5.13. The third kappa shape index (κ3) is 0.834. The summed E-state index contributed by atoms with van der Waals surface area (Å²) >= 11 is 1.59. The minimum absolute atomic E-state index is 0.248. The van der Waals surface area contributed by atoms with Crippen LogP contribution >= 0.6 is 11.3 Å². The molecule has 0 saturated carbocycles. The summed E-state index contributed by atoms with van der Waals surface area (Å²) in [7, 11) is 0. The summed E-state index contributed by atoms with van der Waals surface area (Å²) in [6.45, 7) is 1.81. The Labute approximate surface area is 84.3 Å². The number of aromatic hydroxyl groups is 1. The van der Waals surface area contributed by atoms with Crippen LogP contribution in [0.25, 0.3) is 15.2 Å². The van der Waals surface area contributed by atoms with Crippen LogP contribution in [0.2, 0.25) is 0 Å². The molecule has 4 heteroatoms. The van der Waals surface area contributed by atoms with Gasteiger partial charge in [0.2, 0.25) is 5.88 Å². The van der Waals surface area contributed by atoms with Gasteiger partial charge in [0.1, 0.15) is 5.69 Å². The van der Waals surface area contributed by atoms with E-state index < -0.39 is 0 Å². The van der Waals surface area contributed by atoms with Crippen LogP contribution in [0.4, 0.5) is 0 Å². The fourth-order valence-electron chi connectivity index (χ4n) is 1.61. The van der Waals surface area contributed by atoms with Crippen LogP contribution in [0.1, 0.15) is 5.69 Å². The molecule has 2 heterocycles. The zero-order chi connectivity index (χ0) is 9.71. The highest BCUT2D eigenvalue weighted by molar-refractivity contribution is 7.23. The number of imidazole rings is 1. The van der Waals surface area contributed by atoms with Crippen LogP contribution in [0.3, 0.4) is 0 Å². The fraction of sp³-hybridized carbons (Fsp3) is 0.100. The number of para-hydroxylation sites is 1. The molecule has 70 valence electrons. The number of thiazole rings is 1. The van der Waals surface area contributed by atoms with E-state index in [1.165, 1.54) is 0 Å². The van der Waals surface area contributed by atoms with E-state index in [1.807, 2.05) is 31.2 Å². The van der Waals surface area contributed by atoms with Crippen LogP contribution in [0, 0.1) is 6.92 Å². The molecule has 0 unspecified atom stereocenters. The number of hydrogen-bond acceptors (Lipinski definition) is 3. The van der Waals surface area contributed by atoms with Crippen LogP contribution in [-0.4, -0.2) is 14.5 Å². The van der Waals surface area contributed by atoms with Gasteiger partial charge in [-0.15, -0.1) is 0 Å². The van der Waals surface area contributed by atoms with Crippen LogP contribution < -0.4 is 0 Å². The highest BCUT2D eigenvalue weighted by atomic mass is 32.1. The normalized spacial score (nSPS) is 11.5. The maximum Gasteiger partial charge on any atom is 0.220 e. The average Bonchev–Trinajstić information content (AvgIpc) is 2.65. The number of aryl methyl sites for hydroxylation is 1. The van der Waals surface area contributed by atoms with Gasteiger partial charge in [-0.05, 0) is 19.1 Å². The molecule has 3 aromatic rings. The molecule has 14 heavy (non-hydrogen) atoms. The van der Waals surface area contributed by atoms with Crippen molar-refractivity contribution in [2.75, 3.05) is 0 Å². The molecular weight excluding hydrogens is 196 g/mol. The molecule has 0 aliphatic heterocycles. The van der Waals surface area contributed by atoms with E-state index in [4.69, 9.17) is 0 Å². The molecule has 0 atom stereocenters. The predicted molar refractivity (Wildman–Crippen MR) is 57.0 cm³/mol. The van der Waals surface area contributed by atoms with Crippen molar-refractivity contribution < 1.29 is 5.11 Å². The average molecular weight is 204 g/mol. The molecule has 1 N–H and O–H groups in total. The number of fused-ring (bicyclic) bond motifs is 3. The molecule has 0 amide bonds. The molecule has 0 bridgehead atoms. The third-order valence-corrected chi connectivity index (χ3v) is 3.32. The maximum absolute atomic E-state index is 9.79. The Hall–Kier alpha value is -1.55. The topological polar surface area (TPSA) is 37.5 Å². The monoisotopic (exact) mass is 204 g/mol. The lowest BCUT2D eigenvalue weighted by Crippen LogP contribution is -1.78. The maximum atomic E-state index is 9.79. The Balaban J connectivity index is 2.62. The van der Waals surface area contributed by atoms with Gasteiger partial charge in [0.25, 0.3) is 0 Å². The summed E-state index contributed by atoms with van der Waals surface area (Å²) in [6, 6.07) is 7.97. The van der Waals surface area contributed by atoms with Gasteiger partial charge in [0, 0.05) is 0 Å². The molecule has 0 aliphatic carbocycles. The van der Waals surface area contributed by atoms with E-state index in [9.17, 15) is 5.11 Å². The minimum Gasteiger partial charge on any atom is -0.493 e. The first kappa shape index (κ1) is 7.82. The van der Waals surface area contributed by atoms with Crippen molar-refractivity contribution in [1.29, 1.82) is 0 Å². The van der Waals surface area contributed by atoms with E-state index in [-0.39, 0.29) is 5.88 Å². The van der Waals surface area contributed by atoms with Gasteiger partial charge in [-0.3, -0.25) is 4.40 Å². The Morgan fingerprint density at radius 2 is 2.14 bits per heavy atom. The third-order valence-electron chi connectivity index (χ3n) is 2.30. The lowest BCUT2D eigenvalue weighted by atomic mass is 10.3. The van der Waals surface area contributed by atoms with E-state index in [0.29, 0.717) is 5.69 Å². The Kier molecular flexibility index (Phi) is 1.39. The first-order valence-corrected chi connectivity index (χ1v) is 5.14. The molecule has 1 aromatic carbocycles. The SMILES string of the molecule is Cc1nc2sc3ccccc3n2c1O. The second-order valence-electron chi connectivity index (χ2n) is 3.21. The van der Waals surface area contributed by atoms with Gasteiger partial charge in [-0.2, -0.15) is 0 Å². The summed E-state index contributed by atoms with van der Waals surface area (Å²) in [5, 5.41) is 9.79. The molecule has 0 radical (unpaired) electrons. The number of benzene rings is 1. The van der Waals surface area contributed by atoms with Crippen molar-refractivity contribution in [2.24, 2.45) is 0 Å². The first-order valence-electron chi connectivity index (χ1n) is 4.33. The van der Waals surface area contributed by atoms with Gasteiger partial charge < -0.3 is 5.11 Å². The van der Waals surface area contributed by atoms with E-state index >= 15 is 0 Å². The van der Waals surface area contributed by atoms with Crippen molar-refractivity contribution in [1.82, 2.24) is 9.38 Å². The lowest BCUT2D eigenvalue weighted by Gasteiger charge is -1.92.